The molecule has 1 aromatic rings. The summed E-state index contributed by atoms with van der Waals surface area (Å²) in [6.07, 6.45) is 10.8. The van der Waals surface area contributed by atoms with E-state index in [-0.39, 0.29) is 17.1 Å². The summed E-state index contributed by atoms with van der Waals surface area (Å²) < 4.78 is 15.0. The van der Waals surface area contributed by atoms with Crippen molar-refractivity contribution in [2.24, 2.45) is 5.92 Å². The quantitative estimate of drug-likeness (QED) is 0.149. The fourth-order valence-electron chi connectivity index (χ4n) is 3.56. The smallest absolute Gasteiger partial charge is 0.341 e. The first-order chi connectivity index (χ1) is 16.9. The SMILES string of the molecule is C=CC(=O)O.CC1=C[C@H](C)CCC1.CCCCCc1cc(OC(C)=O)cc(OC(C)=O)c1C(=O)OC. The van der Waals surface area contributed by atoms with Gasteiger partial charge in [0.2, 0.25) is 0 Å². The maximum Gasteiger partial charge on any atom is 0.341 e. The molecule has 0 saturated heterocycles. The zero-order chi connectivity index (χ0) is 27.7. The average Bonchev–Trinajstić information content (AvgIpc) is 2.78. The second-order valence-electron chi connectivity index (χ2n) is 8.52. The molecular formula is C28H40O8. The van der Waals surface area contributed by atoms with Crippen LogP contribution in [0, 0.1) is 5.92 Å². The third-order valence-electron chi connectivity index (χ3n) is 5.09. The van der Waals surface area contributed by atoms with Crippen LogP contribution >= 0.6 is 0 Å². The van der Waals surface area contributed by atoms with Gasteiger partial charge in [-0.3, -0.25) is 9.59 Å². The number of methoxy groups -OCH3 is 1. The lowest BCUT2D eigenvalue weighted by molar-refractivity contribution is -0.132. The van der Waals surface area contributed by atoms with Crippen LogP contribution in [0.3, 0.4) is 0 Å². The molecule has 1 aliphatic rings. The van der Waals surface area contributed by atoms with Crippen LogP contribution in [0.2, 0.25) is 0 Å². The van der Waals surface area contributed by atoms with E-state index in [1.807, 2.05) is 0 Å². The number of aryl methyl sites for hydroxylation is 1. The summed E-state index contributed by atoms with van der Waals surface area (Å²) in [5.74, 6) is -1.53. The van der Waals surface area contributed by atoms with Crippen LogP contribution in [0.1, 0.15) is 89.1 Å². The van der Waals surface area contributed by atoms with Gasteiger partial charge in [0.25, 0.3) is 0 Å². The van der Waals surface area contributed by atoms with Gasteiger partial charge < -0.3 is 19.3 Å². The lowest BCUT2D eigenvalue weighted by Gasteiger charge is -2.15. The summed E-state index contributed by atoms with van der Waals surface area (Å²) >= 11 is 0. The zero-order valence-corrected chi connectivity index (χ0v) is 22.3. The Kier molecular flexibility index (Phi) is 16.2. The largest absolute Gasteiger partial charge is 0.478 e. The Labute approximate surface area is 214 Å². The van der Waals surface area contributed by atoms with E-state index in [1.54, 1.807) is 11.6 Å². The van der Waals surface area contributed by atoms with Crippen molar-refractivity contribution in [3.05, 3.63) is 47.6 Å². The third-order valence-corrected chi connectivity index (χ3v) is 5.09. The Morgan fingerprint density at radius 1 is 1.11 bits per heavy atom. The van der Waals surface area contributed by atoms with Gasteiger partial charge in [-0.25, -0.2) is 9.59 Å². The number of hydrogen-bond donors (Lipinski definition) is 1. The number of rotatable bonds is 8. The number of carboxylic acid groups (broad SMARTS) is 1. The van der Waals surface area contributed by atoms with Gasteiger partial charge in [0.1, 0.15) is 17.1 Å². The maximum absolute atomic E-state index is 12.1. The Bertz CT molecular complexity index is 930. The molecule has 0 bridgehead atoms. The third kappa shape index (κ3) is 14.1. The molecular weight excluding hydrogens is 464 g/mol. The second kappa shape index (κ2) is 17.9. The number of hydrogen-bond acceptors (Lipinski definition) is 7. The second-order valence-corrected chi connectivity index (χ2v) is 8.52. The molecule has 1 atom stereocenters. The van der Waals surface area contributed by atoms with E-state index in [9.17, 15) is 19.2 Å². The molecule has 0 amide bonds. The first kappa shape index (κ1) is 32.6. The Morgan fingerprint density at radius 2 is 1.72 bits per heavy atom. The minimum absolute atomic E-state index is 0.0367. The highest BCUT2D eigenvalue weighted by molar-refractivity contribution is 5.95. The predicted molar refractivity (Wildman–Crippen MR) is 138 cm³/mol. The number of aliphatic carboxylic acids is 1. The van der Waals surface area contributed by atoms with Gasteiger partial charge in [-0.2, -0.15) is 0 Å². The standard InChI is InChI=1S/C17H22O6.C8H14.C3H4O2/c1-5-6-7-8-13-9-14(22-11(2)18)10-15(23-12(3)19)16(13)17(20)21-4;1-7-4-3-5-8(2)6-7;1-2-3(4)5/h9-10H,5-8H2,1-4H3;6-7H,3-5H2,1-2H3;2H,1H2,(H,4,5)/t;7-;/m.1./s1. The van der Waals surface area contributed by atoms with E-state index in [1.165, 1.54) is 46.3 Å². The van der Waals surface area contributed by atoms with Crippen LogP contribution in [0.4, 0.5) is 0 Å². The van der Waals surface area contributed by atoms with Crippen LogP contribution in [0.5, 0.6) is 11.5 Å². The molecule has 0 radical (unpaired) electrons. The van der Waals surface area contributed by atoms with Crippen LogP contribution < -0.4 is 9.47 Å². The fraction of sp³-hybridized carbons (Fsp3) is 0.500. The van der Waals surface area contributed by atoms with Crippen molar-refractivity contribution in [2.45, 2.75) is 79.6 Å². The monoisotopic (exact) mass is 504 g/mol. The van der Waals surface area contributed by atoms with Gasteiger partial charge >= 0.3 is 23.9 Å². The maximum atomic E-state index is 12.1. The lowest BCUT2D eigenvalue weighted by Crippen LogP contribution is -2.13. The number of allylic oxidation sites excluding steroid dienone is 2. The summed E-state index contributed by atoms with van der Waals surface area (Å²) in [6, 6.07) is 2.95. The molecule has 8 nitrogen and oxygen atoms in total. The number of esters is 3. The predicted octanol–water partition coefficient (Wildman–Crippen LogP) is 6.07. The zero-order valence-electron chi connectivity index (χ0n) is 22.3. The summed E-state index contributed by atoms with van der Waals surface area (Å²) in [5.41, 5.74) is 2.40. The highest BCUT2D eigenvalue weighted by atomic mass is 16.6. The average molecular weight is 505 g/mol. The van der Waals surface area contributed by atoms with E-state index >= 15 is 0 Å². The van der Waals surface area contributed by atoms with Crippen molar-refractivity contribution in [3.63, 3.8) is 0 Å². The minimum Gasteiger partial charge on any atom is -0.478 e. The molecule has 0 aromatic heterocycles. The Hall–Kier alpha value is -3.42. The highest BCUT2D eigenvalue weighted by Crippen LogP contribution is 2.31. The van der Waals surface area contributed by atoms with Crippen molar-refractivity contribution in [2.75, 3.05) is 7.11 Å². The summed E-state index contributed by atoms with van der Waals surface area (Å²) in [4.78, 5) is 43.8. The number of benzene rings is 1. The molecule has 2 rings (SSSR count). The number of unbranched alkanes of at least 4 members (excludes halogenated alkanes) is 2. The molecule has 0 spiro atoms. The number of carbonyl (C=O) groups excluding carboxylic acids is 3. The molecule has 0 aliphatic heterocycles. The molecule has 8 heteroatoms. The molecule has 200 valence electrons. The minimum atomic E-state index is -0.981. The van der Waals surface area contributed by atoms with Crippen molar-refractivity contribution >= 4 is 23.9 Å². The van der Waals surface area contributed by atoms with E-state index in [0.717, 1.165) is 31.3 Å². The molecule has 36 heavy (non-hydrogen) atoms. The molecule has 1 aromatic carbocycles. The van der Waals surface area contributed by atoms with Crippen LogP contribution in [-0.4, -0.2) is 36.1 Å². The molecule has 1 aliphatic carbocycles. The van der Waals surface area contributed by atoms with E-state index in [2.05, 4.69) is 33.4 Å². The van der Waals surface area contributed by atoms with Crippen molar-refractivity contribution in [1.82, 2.24) is 0 Å². The molecule has 0 fully saturated rings. The van der Waals surface area contributed by atoms with E-state index in [4.69, 9.17) is 19.3 Å². The van der Waals surface area contributed by atoms with Crippen molar-refractivity contribution < 1.29 is 38.5 Å². The summed E-state index contributed by atoms with van der Waals surface area (Å²) in [7, 11) is 1.26. The summed E-state index contributed by atoms with van der Waals surface area (Å²) in [5, 5.41) is 7.60. The van der Waals surface area contributed by atoms with Gasteiger partial charge in [0.05, 0.1) is 7.11 Å². The van der Waals surface area contributed by atoms with Gasteiger partial charge in [0.15, 0.2) is 0 Å². The van der Waals surface area contributed by atoms with Crippen molar-refractivity contribution in [1.29, 1.82) is 0 Å². The normalized spacial score (nSPS) is 13.9. The van der Waals surface area contributed by atoms with Crippen LogP contribution in [0.25, 0.3) is 0 Å². The first-order valence-electron chi connectivity index (χ1n) is 12.1. The number of carbonyl (C=O) groups is 4. The number of carboxylic acids is 1. The molecule has 0 heterocycles. The van der Waals surface area contributed by atoms with Gasteiger partial charge in [-0.05, 0) is 56.6 Å². The van der Waals surface area contributed by atoms with Gasteiger partial charge in [-0.1, -0.05) is 44.9 Å². The van der Waals surface area contributed by atoms with Crippen molar-refractivity contribution in [3.8, 4) is 11.5 Å². The molecule has 0 saturated carbocycles. The molecule has 1 N–H and O–H groups in total. The Balaban J connectivity index is 0.000000764. The van der Waals surface area contributed by atoms with Gasteiger partial charge in [-0.15, -0.1) is 0 Å². The van der Waals surface area contributed by atoms with Gasteiger partial charge in [0, 0.05) is 26.0 Å². The Morgan fingerprint density at radius 3 is 2.14 bits per heavy atom. The number of ether oxygens (including phenoxy) is 3. The van der Waals surface area contributed by atoms with E-state index in [0.29, 0.717) is 12.0 Å². The van der Waals surface area contributed by atoms with E-state index < -0.39 is 23.9 Å². The first-order valence-corrected chi connectivity index (χ1v) is 12.1. The highest BCUT2D eigenvalue weighted by Gasteiger charge is 2.22. The summed E-state index contributed by atoms with van der Waals surface area (Å²) in [6.45, 7) is 12.1. The van der Waals surface area contributed by atoms with Crippen LogP contribution in [0.15, 0.2) is 36.4 Å². The van der Waals surface area contributed by atoms with Crippen LogP contribution in [-0.2, 0) is 25.5 Å². The topological polar surface area (TPSA) is 116 Å². The lowest BCUT2D eigenvalue weighted by atomic mass is 9.93. The molecule has 0 unspecified atom stereocenters. The fourth-order valence-corrected chi connectivity index (χ4v) is 3.56.